The molecule has 0 atom stereocenters. The number of amidine groups is 1. The summed E-state index contributed by atoms with van der Waals surface area (Å²) in [6.07, 6.45) is 1.38. The third-order valence-electron chi connectivity index (χ3n) is 1.55. The van der Waals surface area contributed by atoms with Crippen LogP contribution in [0.4, 0.5) is 0 Å². The van der Waals surface area contributed by atoms with Crippen LogP contribution in [0.5, 0.6) is 0 Å². The number of nitrogens with zero attached hydrogens (tertiary/aromatic N) is 1. The van der Waals surface area contributed by atoms with Crippen molar-refractivity contribution in [1.29, 1.82) is 0 Å². The van der Waals surface area contributed by atoms with Crippen LogP contribution in [0.1, 0.15) is 24.4 Å². The number of nitrogens with two attached hydrogens (primary N) is 1. The van der Waals surface area contributed by atoms with Crippen LogP contribution >= 0.6 is 0 Å². The number of furan rings is 1. The van der Waals surface area contributed by atoms with E-state index in [2.05, 4.69) is 9.99 Å². The Kier molecular flexibility index (Phi) is 3.28. The molecule has 0 saturated heterocycles. The Labute approximate surface area is 81.5 Å². The lowest BCUT2D eigenvalue weighted by Crippen LogP contribution is -2.19. The fraction of sp³-hybridized carbons (Fsp3) is 0.333. The van der Waals surface area contributed by atoms with Gasteiger partial charge in [0.05, 0.1) is 6.26 Å². The number of hydrogen-bond donors (Lipinski definition) is 1. The highest BCUT2D eigenvalue weighted by Crippen LogP contribution is 2.03. The summed E-state index contributed by atoms with van der Waals surface area (Å²) in [7, 11) is 0. The second kappa shape index (κ2) is 4.45. The molecular formula is C9H12N2O3. The fourth-order valence-corrected chi connectivity index (χ4v) is 0.639. The molecule has 2 N–H and O–H groups in total. The summed E-state index contributed by atoms with van der Waals surface area (Å²) in [6, 6.07) is 3.08. The van der Waals surface area contributed by atoms with Crippen LogP contribution in [0.25, 0.3) is 0 Å². The molecule has 0 aromatic carbocycles. The number of rotatable bonds is 3. The van der Waals surface area contributed by atoms with E-state index in [9.17, 15) is 4.79 Å². The van der Waals surface area contributed by atoms with Gasteiger partial charge in [0.1, 0.15) is 5.84 Å². The van der Waals surface area contributed by atoms with Crippen molar-refractivity contribution in [2.24, 2.45) is 16.8 Å². The largest absolute Gasteiger partial charge is 0.457 e. The van der Waals surface area contributed by atoms with E-state index in [1.165, 1.54) is 12.3 Å². The van der Waals surface area contributed by atoms with Crippen molar-refractivity contribution in [2.45, 2.75) is 13.8 Å². The second-order valence-electron chi connectivity index (χ2n) is 3.03. The lowest BCUT2D eigenvalue weighted by molar-refractivity contribution is 0.0477. The third-order valence-corrected chi connectivity index (χ3v) is 1.55. The molecule has 0 aliphatic carbocycles. The molecule has 5 heteroatoms. The number of carbonyl (C=O) groups excluding carboxylic acids is 1. The summed E-state index contributed by atoms with van der Waals surface area (Å²) < 4.78 is 4.80. The van der Waals surface area contributed by atoms with Gasteiger partial charge in [0.2, 0.25) is 5.76 Å². The van der Waals surface area contributed by atoms with Crippen molar-refractivity contribution in [2.75, 3.05) is 0 Å². The Morgan fingerprint density at radius 1 is 1.64 bits per heavy atom. The first kappa shape index (κ1) is 10.3. The molecule has 1 aromatic rings. The number of hydrogen-bond acceptors (Lipinski definition) is 4. The first-order valence-corrected chi connectivity index (χ1v) is 4.19. The Morgan fingerprint density at radius 2 is 2.36 bits per heavy atom. The molecule has 0 aliphatic heterocycles. The van der Waals surface area contributed by atoms with Gasteiger partial charge in [0, 0.05) is 5.92 Å². The Balaban J connectivity index is 2.55. The maximum atomic E-state index is 11.2. The van der Waals surface area contributed by atoms with Gasteiger partial charge in [-0.3, -0.25) is 0 Å². The van der Waals surface area contributed by atoms with E-state index in [1.54, 1.807) is 6.07 Å². The fourth-order valence-electron chi connectivity index (χ4n) is 0.639. The van der Waals surface area contributed by atoms with Crippen LogP contribution in [-0.4, -0.2) is 11.8 Å². The first-order valence-electron chi connectivity index (χ1n) is 4.19. The summed E-state index contributed by atoms with van der Waals surface area (Å²) >= 11 is 0. The first-order chi connectivity index (χ1) is 6.61. The van der Waals surface area contributed by atoms with E-state index < -0.39 is 5.97 Å². The molecule has 0 aliphatic rings. The van der Waals surface area contributed by atoms with Crippen LogP contribution in [0.15, 0.2) is 28.0 Å². The van der Waals surface area contributed by atoms with Gasteiger partial charge in [-0.2, -0.15) is 0 Å². The lowest BCUT2D eigenvalue weighted by atomic mass is 10.2. The van der Waals surface area contributed by atoms with Crippen LogP contribution in [0, 0.1) is 5.92 Å². The zero-order valence-corrected chi connectivity index (χ0v) is 8.06. The average molecular weight is 196 g/mol. The molecule has 1 aromatic heterocycles. The van der Waals surface area contributed by atoms with Crippen molar-refractivity contribution < 1.29 is 14.0 Å². The molecular weight excluding hydrogens is 184 g/mol. The topological polar surface area (TPSA) is 77.8 Å². The number of carbonyl (C=O) groups is 1. The zero-order valence-electron chi connectivity index (χ0n) is 8.06. The van der Waals surface area contributed by atoms with Crippen LogP contribution in [-0.2, 0) is 4.84 Å². The third kappa shape index (κ3) is 2.62. The van der Waals surface area contributed by atoms with Gasteiger partial charge in [0.15, 0.2) is 0 Å². The van der Waals surface area contributed by atoms with Crippen molar-refractivity contribution in [3.8, 4) is 0 Å². The van der Waals surface area contributed by atoms with E-state index >= 15 is 0 Å². The SMILES string of the molecule is CC(C)/C(N)=N\OC(=O)c1ccco1. The maximum Gasteiger partial charge on any atom is 0.400 e. The van der Waals surface area contributed by atoms with Crippen LogP contribution < -0.4 is 5.73 Å². The second-order valence-corrected chi connectivity index (χ2v) is 3.03. The highest BCUT2D eigenvalue weighted by molar-refractivity contribution is 5.87. The summed E-state index contributed by atoms with van der Waals surface area (Å²) in [4.78, 5) is 15.7. The zero-order chi connectivity index (χ0) is 10.6. The molecule has 0 unspecified atom stereocenters. The molecule has 0 amide bonds. The molecule has 76 valence electrons. The normalized spacial score (nSPS) is 11.8. The summed E-state index contributed by atoms with van der Waals surface area (Å²) in [5, 5.41) is 3.46. The lowest BCUT2D eigenvalue weighted by Gasteiger charge is -2.01. The molecule has 0 radical (unpaired) electrons. The van der Waals surface area contributed by atoms with Gasteiger partial charge in [0.25, 0.3) is 0 Å². The van der Waals surface area contributed by atoms with E-state index in [1.807, 2.05) is 13.8 Å². The van der Waals surface area contributed by atoms with E-state index in [4.69, 9.17) is 10.2 Å². The predicted molar refractivity (Wildman–Crippen MR) is 50.6 cm³/mol. The average Bonchev–Trinajstić information content (AvgIpc) is 2.66. The molecule has 0 fully saturated rings. The minimum atomic E-state index is -0.654. The monoisotopic (exact) mass is 196 g/mol. The molecule has 0 spiro atoms. The molecule has 0 bridgehead atoms. The van der Waals surface area contributed by atoms with Gasteiger partial charge in [-0.15, -0.1) is 0 Å². The quantitative estimate of drug-likeness (QED) is 0.342. The molecule has 0 saturated carbocycles. The van der Waals surface area contributed by atoms with Gasteiger partial charge >= 0.3 is 5.97 Å². The molecule has 5 nitrogen and oxygen atoms in total. The van der Waals surface area contributed by atoms with Gasteiger partial charge < -0.3 is 15.0 Å². The minimum Gasteiger partial charge on any atom is -0.457 e. The van der Waals surface area contributed by atoms with Crippen LogP contribution in [0.3, 0.4) is 0 Å². The Morgan fingerprint density at radius 3 is 2.86 bits per heavy atom. The Bertz CT molecular complexity index is 328. The van der Waals surface area contributed by atoms with E-state index in [0.717, 1.165) is 0 Å². The van der Waals surface area contributed by atoms with Crippen LogP contribution in [0.2, 0.25) is 0 Å². The van der Waals surface area contributed by atoms with E-state index in [0.29, 0.717) is 0 Å². The van der Waals surface area contributed by atoms with E-state index in [-0.39, 0.29) is 17.5 Å². The summed E-state index contributed by atoms with van der Waals surface area (Å²) in [6.45, 7) is 3.69. The minimum absolute atomic E-state index is 0.0411. The molecule has 1 heterocycles. The van der Waals surface area contributed by atoms with Gasteiger partial charge in [-0.25, -0.2) is 4.79 Å². The van der Waals surface area contributed by atoms with Gasteiger partial charge in [-0.05, 0) is 12.1 Å². The van der Waals surface area contributed by atoms with Crippen molar-refractivity contribution in [3.63, 3.8) is 0 Å². The van der Waals surface area contributed by atoms with Crippen molar-refractivity contribution in [1.82, 2.24) is 0 Å². The van der Waals surface area contributed by atoms with Gasteiger partial charge in [-0.1, -0.05) is 19.0 Å². The van der Waals surface area contributed by atoms with Crippen molar-refractivity contribution in [3.05, 3.63) is 24.2 Å². The highest BCUT2D eigenvalue weighted by atomic mass is 16.7. The smallest absolute Gasteiger partial charge is 0.400 e. The summed E-state index contributed by atoms with van der Waals surface area (Å²) in [5.41, 5.74) is 5.46. The van der Waals surface area contributed by atoms with Crippen molar-refractivity contribution >= 4 is 11.8 Å². The Hall–Kier alpha value is -1.78. The highest BCUT2D eigenvalue weighted by Gasteiger charge is 2.10. The summed E-state index contributed by atoms with van der Waals surface area (Å²) in [5.74, 6) is -0.242. The molecule has 1 rings (SSSR count). The number of oxime groups is 1. The molecule has 14 heavy (non-hydrogen) atoms. The standard InChI is InChI=1S/C9H12N2O3/c1-6(2)8(10)11-14-9(12)7-4-3-5-13-7/h3-6H,1-2H3,(H2,10,11). The predicted octanol–water partition coefficient (Wildman–Crippen LogP) is 1.36. The maximum absolute atomic E-state index is 11.2.